The number of aliphatic hydroxyl groups is 1. The maximum Gasteiger partial charge on any atom is 0.0645 e. The lowest BCUT2D eigenvalue weighted by atomic mass is 9.90. The minimum absolute atomic E-state index is 0.0753. The summed E-state index contributed by atoms with van der Waals surface area (Å²) in [5.41, 5.74) is -0.145. The van der Waals surface area contributed by atoms with Crippen LogP contribution in [0.1, 0.15) is 48.0 Å². The van der Waals surface area contributed by atoms with Crippen LogP contribution < -0.4 is 5.32 Å². The van der Waals surface area contributed by atoms with E-state index in [1.807, 2.05) is 0 Å². The van der Waals surface area contributed by atoms with Crippen molar-refractivity contribution in [3.63, 3.8) is 0 Å². The van der Waals surface area contributed by atoms with Gasteiger partial charge in [-0.3, -0.25) is 4.90 Å². The van der Waals surface area contributed by atoms with Gasteiger partial charge in [-0.2, -0.15) is 0 Å². The van der Waals surface area contributed by atoms with Gasteiger partial charge in [-0.05, 0) is 34.1 Å². The summed E-state index contributed by atoms with van der Waals surface area (Å²) in [6, 6.07) is 0.796. The Morgan fingerprint density at radius 3 is 2.47 bits per heavy atom. The molecule has 4 nitrogen and oxygen atoms in total. The lowest BCUT2D eigenvalue weighted by Crippen LogP contribution is -2.60. The van der Waals surface area contributed by atoms with E-state index in [1.54, 1.807) is 0 Å². The molecule has 0 aromatic rings. The zero-order valence-electron chi connectivity index (χ0n) is 13.5. The average molecular weight is 272 g/mol. The normalized spacial score (nSPS) is 25.3. The van der Waals surface area contributed by atoms with Crippen molar-refractivity contribution in [2.24, 2.45) is 0 Å². The molecule has 4 heteroatoms. The summed E-state index contributed by atoms with van der Waals surface area (Å²) < 4.78 is 5.58. The van der Waals surface area contributed by atoms with E-state index in [4.69, 9.17) is 4.74 Å². The lowest BCUT2D eigenvalue weighted by Gasteiger charge is -2.47. The van der Waals surface area contributed by atoms with Gasteiger partial charge in [0.1, 0.15) is 0 Å². The highest BCUT2D eigenvalue weighted by atomic mass is 16.5. The topological polar surface area (TPSA) is 44.7 Å². The Labute approximate surface area is 118 Å². The first-order valence-electron chi connectivity index (χ1n) is 7.43. The van der Waals surface area contributed by atoms with Crippen molar-refractivity contribution in [1.29, 1.82) is 0 Å². The summed E-state index contributed by atoms with van der Waals surface area (Å²) in [6.07, 6.45) is 0.936. The van der Waals surface area contributed by atoms with Gasteiger partial charge >= 0.3 is 0 Å². The summed E-state index contributed by atoms with van der Waals surface area (Å²) in [4.78, 5) is 2.51. The lowest BCUT2D eigenvalue weighted by molar-refractivity contribution is -0.0752. The van der Waals surface area contributed by atoms with E-state index < -0.39 is 0 Å². The number of aliphatic hydroxyl groups excluding tert-OH is 1. The molecule has 2 atom stereocenters. The highest BCUT2D eigenvalue weighted by Crippen LogP contribution is 2.26. The molecule has 0 aromatic heterocycles. The highest BCUT2D eigenvalue weighted by molar-refractivity contribution is 4.93. The molecule has 0 radical (unpaired) electrons. The predicted octanol–water partition coefficient (Wildman–Crippen LogP) is 1.62. The third kappa shape index (κ3) is 4.71. The average Bonchev–Trinajstić information content (AvgIpc) is 2.26. The van der Waals surface area contributed by atoms with E-state index >= 15 is 0 Å². The molecule has 1 fully saturated rings. The second-order valence-electron chi connectivity index (χ2n) is 7.13. The Morgan fingerprint density at radius 1 is 1.37 bits per heavy atom. The molecule has 0 saturated carbocycles. The van der Waals surface area contributed by atoms with Gasteiger partial charge in [0.15, 0.2) is 0 Å². The van der Waals surface area contributed by atoms with Crippen LogP contribution in [0.2, 0.25) is 0 Å². The van der Waals surface area contributed by atoms with Crippen molar-refractivity contribution in [3.8, 4) is 0 Å². The highest BCUT2D eigenvalue weighted by Gasteiger charge is 2.37. The summed E-state index contributed by atoms with van der Waals surface area (Å²) in [7, 11) is 0. The Balaban J connectivity index is 2.68. The number of nitrogens with zero attached hydrogens (tertiary/aromatic N) is 1. The third-order valence-electron chi connectivity index (χ3n) is 3.97. The fraction of sp³-hybridized carbons (Fsp3) is 1.00. The van der Waals surface area contributed by atoms with Crippen molar-refractivity contribution in [1.82, 2.24) is 10.2 Å². The van der Waals surface area contributed by atoms with Crippen molar-refractivity contribution in [2.45, 2.75) is 71.1 Å². The van der Waals surface area contributed by atoms with Crippen molar-refractivity contribution in [3.05, 3.63) is 0 Å². The van der Waals surface area contributed by atoms with Gasteiger partial charge in [0.25, 0.3) is 0 Å². The largest absolute Gasteiger partial charge is 0.394 e. The molecule has 1 aliphatic heterocycles. The molecular weight excluding hydrogens is 240 g/mol. The maximum atomic E-state index is 9.71. The van der Waals surface area contributed by atoms with Crippen molar-refractivity contribution >= 4 is 0 Å². The Kier molecular flexibility index (Phi) is 5.80. The number of hydrogen-bond acceptors (Lipinski definition) is 4. The van der Waals surface area contributed by atoms with Gasteiger partial charge in [0.05, 0.1) is 19.8 Å². The molecule has 1 saturated heterocycles. The minimum atomic E-state index is -0.220. The van der Waals surface area contributed by atoms with Gasteiger partial charge in [-0.15, -0.1) is 0 Å². The van der Waals surface area contributed by atoms with E-state index in [9.17, 15) is 5.11 Å². The molecule has 1 heterocycles. The van der Waals surface area contributed by atoms with Crippen LogP contribution in [0.4, 0.5) is 0 Å². The van der Waals surface area contributed by atoms with E-state index in [0.717, 1.165) is 26.2 Å². The Morgan fingerprint density at radius 2 is 2.00 bits per heavy atom. The SMILES string of the molecule is CC(C)NC(C)(CO)CC(C)N1CCOCC1(C)C. The van der Waals surface area contributed by atoms with Gasteiger partial charge in [-0.1, -0.05) is 13.8 Å². The summed E-state index contributed by atoms with van der Waals surface area (Å²) in [5.74, 6) is 0. The van der Waals surface area contributed by atoms with E-state index in [1.165, 1.54) is 0 Å². The Hall–Kier alpha value is -0.160. The number of rotatable bonds is 6. The van der Waals surface area contributed by atoms with E-state index in [2.05, 4.69) is 51.8 Å². The summed E-state index contributed by atoms with van der Waals surface area (Å²) in [6.45, 7) is 15.8. The molecule has 0 amide bonds. The predicted molar refractivity (Wildman–Crippen MR) is 79.4 cm³/mol. The molecule has 2 unspecified atom stereocenters. The first-order chi connectivity index (χ1) is 8.70. The van der Waals surface area contributed by atoms with Gasteiger partial charge in [0, 0.05) is 29.7 Å². The van der Waals surface area contributed by atoms with Crippen LogP contribution in [0.25, 0.3) is 0 Å². The van der Waals surface area contributed by atoms with Crippen LogP contribution in [0.3, 0.4) is 0 Å². The van der Waals surface area contributed by atoms with Gasteiger partial charge < -0.3 is 15.2 Å². The number of nitrogens with one attached hydrogen (secondary N) is 1. The second kappa shape index (κ2) is 6.53. The molecule has 19 heavy (non-hydrogen) atoms. The molecule has 0 aromatic carbocycles. The zero-order valence-corrected chi connectivity index (χ0v) is 13.5. The second-order valence-corrected chi connectivity index (χ2v) is 7.13. The number of morpholine rings is 1. The quantitative estimate of drug-likeness (QED) is 0.771. The van der Waals surface area contributed by atoms with E-state index in [-0.39, 0.29) is 17.7 Å². The summed E-state index contributed by atoms with van der Waals surface area (Å²) in [5, 5.41) is 13.2. The van der Waals surface area contributed by atoms with Crippen molar-refractivity contribution in [2.75, 3.05) is 26.4 Å². The molecular formula is C15H32N2O2. The summed E-state index contributed by atoms with van der Waals surface area (Å²) >= 11 is 0. The zero-order chi connectivity index (χ0) is 14.7. The maximum absolute atomic E-state index is 9.71. The fourth-order valence-corrected chi connectivity index (χ4v) is 3.32. The first kappa shape index (κ1) is 16.9. The molecule has 2 N–H and O–H groups in total. The number of hydrogen-bond donors (Lipinski definition) is 2. The molecule has 0 aliphatic carbocycles. The van der Waals surface area contributed by atoms with E-state index in [0.29, 0.717) is 12.1 Å². The fourth-order valence-electron chi connectivity index (χ4n) is 3.32. The molecule has 114 valence electrons. The molecule has 0 bridgehead atoms. The third-order valence-corrected chi connectivity index (χ3v) is 3.97. The van der Waals surface area contributed by atoms with Crippen LogP contribution in [0, 0.1) is 0 Å². The van der Waals surface area contributed by atoms with Gasteiger partial charge in [0.2, 0.25) is 0 Å². The van der Waals surface area contributed by atoms with Crippen LogP contribution in [0.5, 0.6) is 0 Å². The number of ether oxygens (including phenoxy) is 1. The smallest absolute Gasteiger partial charge is 0.0645 e. The Bertz CT molecular complexity index is 281. The minimum Gasteiger partial charge on any atom is -0.394 e. The van der Waals surface area contributed by atoms with Crippen LogP contribution in [0.15, 0.2) is 0 Å². The standard InChI is InChI=1S/C15H32N2O2/c1-12(2)16-15(6,10-18)9-13(3)17-7-8-19-11-14(17,4)5/h12-13,16,18H,7-11H2,1-6H3. The first-order valence-corrected chi connectivity index (χ1v) is 7.43. The monoisotopic (exact) mass is 272 g/mol. The van der Waals surface area contributed by atoms with Crippen molar-refractivity contribution < 1.29 is 9.84 Å². The van der Waals surface area contributed by atoms with Crippen LogP contribution in [-0.2, 0) is 4.74 Å². The molecule has 1 rings (SSSR count). The van der Waals surface area contributed by atoms with Crippen LogP contribution >= 0.6 is 0 Å². The molecule has 0 spiro atoms. The van der Waals surface area contributed by atoms with Gasteiger partial charge in [-0.25, -0.2) is 0 Å². The van der Waals surface area contributed by atoms with Crippen LogP contribution in [-0.4, -0.2) is 59.5 Å². The molecule has 1 aliphatic rings.